The summed E-state index contributed by atoms with van der Waals surface area (Å²) in [5, 5.41) is 6.62. The molecular formula is C15H15N3O5. The van der Waals surface area contributed by atoms with Gasteiger partial charge in [0.2, 0.25) is 12.7 Å². The highest BCUT2D eigenvalue weighted by atomic mass is 16.7. The van der Waals surface area contributed by atoms with Gasteiger partial charge in [-0.25, -0.2) is 0 Å². The summed E-state index contributed by atoms with van der Waals surface area (Å²) in [6, 6.07) is 5.39. The molecule has 1 N–H and O–H groups in total. The lowest BCUT2D eigenvalue weighted by Crippen LogP contribution is -2.33. The third-order valence-electron chi connectivity index (χ3n) is 3.73. The number of amides is 1. The molecule has 3 heterocycles. The van der Waals surface area contributed by atoms with Crippen LogP contribution in [0.1, 0.15) is 18.7 Å². The molecule has 23 heavy (non-hydrogen) atoms. The van der Waals surface area contributed by atoms with Gasteiger partial charge in [0.25, 0.3) is 5.89 Å². The smallest absolute Gasteiger partial charge is 0.258 e. The quantitative estimate of drug-likeness (QED) is 0.907. The Hall–Kier alpha value is -2.61. The van der Waals surface area contributed by atoms with Crippen molar-refractivity contribution in [2.75, 3.05) is 13.4 Å². The van der Waals surface area contributed by atoms with Gasteiger partial charge in [-0.3, -0.25) is 4.79 Å². The van der Waals surface area contributed by atoms with Crippen LogP contribution in [-0.2, 0) is 16.1 Å². The predicted molar refractivity (Wildman–Crippen MR) is 76.7 cm³/mol. The van der Waals surface area contributed by atoms with Gasteiger partial charge >= 0.3 is 0 Å². The molecule has 0 spiro atoms. The molecule has 8 heteroatoms. The number of aromatic nitrogens is 2. The number of fused-ring (bicyclic) bond motifs is 1. The van der Waals surface area contributed by atoms with Gasteiger partial charge in [-0.1, -0.05) is 5.16 Å². The number of hydrogen-bond acceptors (Lipinski definition) is 7. The Labute approximate surface area is 131 Å². The first-order chi connectivity index (χ1) is 11.3. The Morgan fingerprint density at radius 3 is 3.09 bits per heavy atom. The minimum atomic E-state index is -0.366. The Balaban J connectivity index is 1.41. The van der Waals surface area contributed by atoms with Crippen LogP contribution in [0.4, 0.5) is 0 Å². The summed E-state index contributed by atoms with van der Waals surface area (Å²) in [6.45, 7) is 1.05. The Morgan fingerprint density at radius 1 is 1.30 bits per heavy atom. The first-order valence-corrected chi connectivity index (χ1v) is 7.41. The molecule has 2 aliphatic heterocycles. The first-order valence-electron chi connectivity index (χ1n) is 7.41. The standard InChI is InChI=1S/C15H15N3O5/c19-14(11-2-1-5-20-11)16-7-13-17-15(23-18-13)9-3-4-10-12(6-9)22-8-21-10/h3-4,6,11H,1-2,5,7-8H2,(H,16,19)/t11-/m1/s1. The second kappa shape index (κ2) is 5.88. The van der Waals surface area contributed by atoms with Crippen molar-refractivity contribution in [2.45, 2.75) is 25.5 Å². The van der Waals surface area contributed by atoms with Crippen LogP contribution in [0.25, 0.3) is 11.5 Å². The van der Waals surface area contributed by atoms with Gasteiger partial charge in [0.15, 0.2) is 17.3 Å². The van der Waals surface area contributed by atoms with E-state index in [4.69, 9.17) is 18.7 Å². The lowest BCUT2D eigenvalue weighted by Gasteiger charge is -2.08. The zero-order chi connectivity index (χ0) is 15.6. The van der Waals surface area contributed by atoms with Gasteiger partial charge in [0.05, 0.1) is 6.54 Å². The largest absolute Gasteiger partial charge is 0.454 e. The van der Waals surface area contributed by atoms with Gasteiger partial charge in [0.1, 0.15) is 6.10 Å². The van der Waals surface area contributed by atoms with E-state index in [2.05, 4.69) is 15.5 Å². The molecule has 1 atom stereocenters. The van der Waals surface area contributed by atoms with Gasteiger partial charge in [-0.15, -0.1) is 0 Å². The highest BCUT2D eigenvalue weighted by Gasteiger charge is 2.23. The van der Waals surface area contributed by atoms with Crippen LogP contribution < -0.4 is 14.8 Å². The highest BCUT2D eigenvalue weighted by molar-refractivity contribution is 5.80. The topological polar surface area (TPSA) is 95.7 Å². The van der Waals surface area contributed by atoms with Crippen LogP contribution in [0.2, 0.25) is 0 Å². The number of nitrogens with one attached hydrogen (secondary N) is 1. The summed E-state index contributed by atoms with van der Waals surface area (Å²) in [7, 11) is 0. The van der Waals surface area contributed by atoms with Crippen molar-refractivity contribution < 1.29 is 23.5 Å². The molecule has 2 aliphatic rings. The first kappa shape index (κ1) is 14.0. The van der Waals surface area contributed by atoms with E-state index in [9.17, 15) is 4.79 Å². The Morgan fingerprint density at radius 2 is 2.22 bits per heavy atom. The number of rotatable bonds is 4. The number of benzene rings is 1. The molecule has 120 valence electrons. The van der Waals surface area contributed by atoms with Crippen LogP contribution in [0.5, 0.6) is 11.5 Å². The second-order valence-corrected chi connectivity index (χ2v) is 5.30. The molecule has 0 aliphatic carbocycles. The van der Waals surface area contributed by atoms with Crippen molar-refractivity contribution in [1.82, 2.24) is 15.5 Å². The van der Waals surface area contributed by atoms with Crippen molar-refractivity contribution in [3.05, 3.63) is 24.0 Å². The summed E-state index contributed by atoms with van der Waals surface area (Å²) in [5.74, 6) is 1.97. The van der Waals surface area contributed by atoms with Gasteiger partial charge in [-0.05, 0) is 31.0 Å². The molecule has 1 saturated heterocycles. The van der Waals surface area contributed by atoms with Crippen molar-refractivity contribution in [1.29, 1.82) is 0 Å². The monoisotopic (exact) mass is 317 g/mol. The third-order valence-corrected chi connectivity index (χ3v) is 3.73. The Bertz CT molecular complexity index is 724. The van der Waals surface area contributed by atoms with Crippen molar-refractivity contribution in [3.63, 3.8) is 0 Å². The molecule has 0 radical (unpaired) electrons. The minimum Gasteiger partial charge on any atom is -0.454 e. The van der Waals surface area contributed by atoms with Crippen LogP contribution in [-0.4, -0.2) is 35.6 Å². The molecule has 1 amide bonds. The molecule has 0 unspecified atom stereocenters. The minimum absolute atomic E-state index is 0.142. The van der Waals surface area contributed by atoms with Crippen LogP contribution in [0.15, 0.2) is 22.7 Å². The fraction of sp³-hybridized carbons (Fsp3) is 0.400. The van der Waals surface area contributed by atoms with Crippen molar-refractivity contribution >= 4 is 5.91 Å². The molecule has 0 saturated carbocycles. The molecule has 8 nitrogen and oxygen atoms in total. The van der Waals surface area contributed by atoms with E-state index < -0.39 is 0 Å². The number of carbonyl (C=O) groups excluding carboxylic acids is 1. The maximum atomic E-state index is 11.9. The van der Waals surface area contributed by atoms with Crippen LogP contribution in [0, 0.1) is 0 Å². The molecule has 1 aromatic carbocycles. The van der Waals surface area contributed by atoms with E-state index in [1.54, 1.807) is 12.1 Å². The normalized spacial score (nSPS) is 19.0. The second-order valence-electron chi connectivity index (χ2n) is 5.30. The van der Waals surface area contributed by atoms with Crippen LogP contribution in [0.3, 0.4) is 0 Å². The average Bonchev–Trinajstić information content (AvgIpc) is 3.32. The Kier molecular flexibility index (Phi) is 3.58. The summed E-state index contributed by atoms with van der Waals surface area (Å²) >= 11 is 0. The molecule has 1 aromatic heterocycles. The van der Waals surface area contributed by atoms with E-state index >= 15 is 0 Å². The van der Waals surface area contributed by atoms with E-state index in [0.29, 0.717) is 29.8 Å². The number of ether oxygens (including phenoxy) is 3. The summed E-state index contributed by atoms with van der Waals surface area (Å²) in [4.78, 5) is 16.1. The number of carbonyl (C=O) groups is 1. The highest BCUT2D eigenvalue weighted by Crippen LogP contribution is 2.35. The number of hydrogen-bond donors (Lipinski definition) is 1. The van der Waals surface area contributed by atoms with Gasteiger partial charge < -0.3 is 24.1 Å². The van der Waals surface area contributed by atoms with E-state index in [1.807, 2.05) is 6.07 Å². The molecular weight excluding hydrogens is 302 g/mol. The average molecular weight is 317 g/mol. The SMILES string of the molecule is O=C(NCc1noc(-c2ccc3c(c2)OCO3)n1)[C@H]1CCCO1. The van der Waals surface area contributed by atoms with E-state index in [-0.39, 0.29) is 25.3 Å². The predicted octanol–water partition coefficient (Wildman–Crippen LogP) is 1.26. The zero-order valence-corrected chi connectivity index (χ0v) is 12.3. The van der Waals surface area contributed by atoms with Crippen molar-refractivity contribution in [2.24, 2.45) is 0 Å². The zero-order valence-electron chi connectivity index (χ0n) is 12.3. The molecule has 1 fully saturated rings. The molecule has 4 rings (SSSR count). The van der Waals surface area contributed by atoms with Crippen molar-refractivity contribution in [3.8, 4) is 23.0 Å². The lowest BCUT2D eigenvalue weighted by molar-refractivity contribution is -0.130. The van der Waals surface area contributed by atoms with E-state index in [0.717, 1.165) is 18.4 Å². The fourth-order valence-electron chi connectivity index (χ4n) is 2.54. The summed E-state index contributed by atoms with van der Waals surface area (Å²) in [5.41, 5.74) is 0.735. The molecule has 2 aromatic rings. The summed E-state index contributed by atoms with van der Waals surface area (Å²) in [6.07, 6.45) is 1.30. The fourth-order valence-corrected chi connectivity index (χ4v) is 2.54. The van der Waals surface area contributed by atoms with E-state index in [1.165, 1.54) is 0 Å². The third kappa shape index (κ3) is 2.85. The maximum Gasteiger partial charge on any atom is 0.258 e. The van der Waals surface area contributed by atoms with Gasteiger partial charge in [0, 0.05) is 12.2 Å². The van der Waals surface area contributed by atoms with Crippen LogP contribution >= 0.6 is 0 Å². The number of nitrogens with zero attached hydrogens (tertiary/aromatic N) is 2. The van der Waals surface area contributed by atoms with Gasteiger partial charge in [-0.2, -0.15) is 4.98 Å². The molecule has 0 bridgehead atoms. The summed E-state index contributed by atoms with van der Waals surface area (Å²) < 4.78 is 21.1. The lowest BCUT2D eigenvalue weighted by atomic mass is 10.2. The maximum absolute atomic E-state index is 11.9.